The van der Waals surface area contributed by atoms with E-state index in [9.17, 15) is 0 Å². The van der Waals surface area contributed by atoms with Gasteiger partial charge in [0.25, 0.3) is 0 Å². The minimum atomic E-state index is 0.364. The van der Waals surface area contributed by atoms with Crippen molar-refractivity contribution in [1.82, 2.24) is 9.88 Å². The molecule has 1 saturated carbocycles. The fourth-order valence-corrected chi connectivity index (χ4v) is 4.30. The van der Waals surface area contributed by atoms with Gasteiger partial charge in [0.05, 0.1) is 0 Å². The standard InChI is InChI=1S/C21H28N2O/c1-16-12-19-14-22-9-6-18(19)13-21(16)24-20-7-10-23(11-8-20)15-17-4-2-3-5-17/h6,9,12-14,17,20H,2-5,7-8,10-11,15H2,1H3. The van der Waals surface area contributed by atoms with Crippen LogP contribution in [0.3, 0.4) is 0 Å². The number of aryl methyl sites for hydroxylation is 1. The zero-order chi connectivity index (χ0) is 16.4. The predicted octanol–water partition coefficient (Wildman–Crippen LogP) is 4.58. The van der Waals surface area contributed by atoms with E-state index in [1.165, 1.54) is 61.7 Å². The average molecular weight is 324 g/mol. The maximum absolute atomic E-state index is 6.37. The van der Waals surface area contributed by atoms with E-state index in [0.717, 1.165) is 24.5 Å². The quantitative estimate of drug-likeness (QED) is 0.823. The number of rotatable bonds is 4. The smallest absolute Gasteiger partial charge is 0.123 e. The summed E-state index contributed by atoms with van der Waals surface area (Å²) >= 11 is 0. The summed E-state index contributed by atoms with van der Waals surface area (Å²) in [5, 5.41) is 2.40. The molecule has 128 valence electrons. The van der Waals surface area contributed by atoms with Crippen molar-refractivity contribution < 1.29 is 4.74 Å². The van der Waals surface area contributed by atoms with Gasteiger partial charge in [-0.15, -0.1) is 0 Å². The molecule has 3 nitrogen and oxygen atoms in total. The maximum atomic E-state index is 6.37. The van der Waals surface area contributed by atoms with Gasteiger partial charge in [-0.3, -0.25) is 4.98 Å². The summed E-state index contributed by atoms with van der Waals surface area (Å²) in [6.07, 6.45) is 12.2. The number of benzene rings is 1. The molecule has 0 amide bonds. The summed E-state index contributed by atoms with van der Waals surface area (Å²) in [6, 6.07) is 6.43. The van der Waals surface area contributed by atoms with Crippen LogP contribution in [-0.4, -0.2) is 35.6 Å². The van der Waals surface area contributed by atoms with Crippen LogP contribution >= 0.6 is 0 Å². The summed E-state index contributed by atoms with van der Waals surface area (Å²) in [5.74, 6) is 2.00. The largest absolute Gasteiger partial charge is 0.490 e. The summed E-state index contributed by atoms with van der Waals surface area (Å²) in [5.41, 5.74) is 1.21. The Morgan fingerprint density at radius 3 is 2.67 bits per heavy atom. The molecule has 2 aromatic rings. The molecule has 1 aliphatic carbocycles. The SMILES string of the molecule is Cc1cc2cnccc2cc1OC1CCN(CC2CCCC2)CC1. The van der Waals surface area contributed by atoms with Crippen molar-refractivity contribution in [2.45, 2.75) is 51.6 Å². The minimum Gasteiger partial charge on any atom is -0.490 e. The number of hydrogen-bond acceptors (Lipinski definition) is 3. The van der Waals surface area contributed by atoms with Gasteiger partial charge in [0.15, 0.2) is 0 Å². The molecule has 0 radical (unpaired) electrons. The molecule has 2 fully saturated rings. The van der Waals surface area contributed by atoms with Crippen LogP contribution < -0.4 is 4.74 Å². The van der Waals surface area contributed by atoms with Crippen molar-refractivity contribution in [2.75, 3.05) is 19.6 Å². The van der Waals surface area contributed by atoms with E-state index in [4.69, 9.17) is 4.74 Å². The molecule has 1 aliphatic heterocycles. The van der Waals surface area contributed by atoms with E-state index in [1.54, 1.807) is 0 Å². The zero-order valence-corrected chi connectivity index (χ0v) is 14.7. The summed E-state index contributed by atoms with van der Waals surface area (Å²) in [4.78, 5) is 6.86. The van der Waals surface area contributed by atoms with Crippen LogP contribution in [0.5, 0.6) is 5.75 Å². The number of ether oxygens (including phenoxy) is 1. The number of likely N-dealkylation sites (tertiary alicyclic amines) is 1. The molecule has 0 bridgehead atoms. The van der Waals surface area contributed by atoms with Crippen molar-refractivity contribution in [3.63, 3.8) is 0 Å². The van der Waals surface area contributed by atoms with Crippen LogP contribution in [0.15, 0.2) is 30.6 Å². The van der Waals surface area contributed by atoms with E-state index in [0.29, 0.717) is 6.10 Å². The lowest BCUT2D eigenvalue weighted by Crippen LogP contribution is -2.40. The van der Waals surface area contributed by atoms with Gasteiger partial charge in [-0.2, -0.15) is 0 Å². The van der Waals surface area contributed by atoms with Gasteiger partial charge in [-0.25, -0.2) is 0 Å². The second-order valence-corrected chi connectivity index (χ2v) is 7.61. The molecule has 4 rings (SSSR count). The molecule has 0 atom stereocenters. The Hall–Kier alpha value is -1.61. The molecule has 1 saturated heterocycles. The third-order valence-corrected chi connectivity index (χ3v) is 5.75. The Kier molecular flexibility index (Phi) is 4.70. The Labute approximate surface area is 145 Å². The summed E-state index contributed by atoms with van der Waals surface area (Å²) < 4.78 is 6.37. The fraction of sp³-hybridized carbons (Fsp3) is 0.571. The van der Waals surface area contributed by atoms with Crippen LogP contribution in [0.2, 0.25) is 0 Å². The molecular weight excluding hydrogens is 296 g/mol. The fourth-order valence-electron chi connectivity index (χ4n) is 4.30. The van der Waals surface area contributed by atoms with Gasteiger partial charge in [-0.05, 0) is 67.7 Å². The van der Waals surface area contributed by atoms with E-state index >= 15 is 0 Å². The number of pyridine rings is 1. The first-order valence-corrected chi connectivity index (χ1v) is 9.51. The van der Waals surface area contributed by atoms with Gasteiger partial charge >= 0.3 is 0 Å². The Balaban J connectivity index is 1.35. The normalized spacial score (nSPS) is 20.7. The van der Waals surface area contributed by atoms with Crippen LogP contribution in [0.25, 0.3) is 10.8 Å². The Morgan fingerprint density at radius 2 is 1.88 bits per heavy atom. The number of piperidine rings is 1. The number of hydrogen-bond donors (Lipinski definition) is 0. The van der Waals surface area contributed by atoms with Gasteiger partial charge < -0.3 is 9.64 Å². The minimum absolute atomic E-state index is 0.364. The summed E-state index contributed by atoms with van der Waals surface area (Å²) in [7, 11) is 0. The molecule has 2 aliphatic rings. The highest BCUT2D eigenvalue weighted by Crippen LogP contribution is 2.29. The highest BCUT2D eigenvalue weighted by atomic mass is 16.5. The summed E-state index contributed by atoms with van der Waals surface area (Å²) in [6.45, 7) is 5.83. The van der Waals surface area contributed by atoms with Crippen molar-refractivity contribution in [2.24, 2.45) is 5.92 Å². The first kappa shape index (κ1) is 15.9. The zero-order valence-electron chi connectivity index (χ0n) is 14.7. The van der Waals surface area contributed by atoms with Crippen molar-refractivity contribution in [3.05, 3.63) is 36.2 Å². The van der Waals surface area contributed by atoms with Gasteiger partial charge in [-0.1, -0.05) is 12.8 Å². The van der Waals surface area contributed by atoms with Crippen LogP contribution in [0.4, 0.5) is 0 Å². The van der Waals surface area contributed by atoms with Crippen LogP contribution in [0.1, 0.15) is 44.1 Å². The third-order valence-electron chi connectivity index (χ3n) is 5.75. The molecular formula is C21H28N2O. The average Bonchev–Trinajstić information content (AvgIpc) is 3.10. The third kappa shape index (κ3) is 3.56. The first-order chi connectivity index (χ1) is 11.8. The molecule has 24 heavy (non-hydrogen) atoms. The molecule has 1 aromatic heterocycles. The van der Waals surface area contributed by atoms with Crippen molar-refractivity contribution >= 4 is 10.8 Å². The Morgan fingerprint density at radius 1 is 1.08 bits per heavy atom. The van der Waals surface area contributed by atoms with E-state index in [1.807, 2.05) is 12.4 Å². The predicted molar refractivity (Wildman–Crippen MR) is 98.5 cm³/mol. The topological polar surface area (TPSA) is 25.4 Å². The van der Waals surface area contributed by atoms with E-state index < -0.39 is 0 Å². The second-order valence-electron chi connectivity index (χ2n) is 7.61. The van der Waals surface area contributed by atoms with Crippen molar-refractivity contribution in [1.29, 1.82) is 0 Å². The number of aromatic nitrogens is 1. The maximum Gasteiger partial charge on any atom is 0.123 e. The van der Waals surface area contributed by atoms with Crippen LogP contribution in [0, 0.1) is 12.8 Å². The molecule has 0 spiro atoms. The number of fused-ring (bicyclic) bond motifs is 1. The lowest BCUT2D eigenvalue weighted by atomic mass is 10.0. The lowest BCUT2D eigenvalue weighted by molar-refractivity contribution is 0.0912. The highest BCUT2D eigenvalue weighted by Gasteiger charge is 2.24. The van der Waals surface area contributed by atoms with Crippen LogP contribution in [-0.2, 0) is 0 Å². The number of nitrogens with zero attached hydrogens (tertiary/aromatic N) is 2. The molecule has 0 N–H and O–H groups in total. The monoisotopic (exact) mass is 324 g/mol. The van der Waals surface area contributed by atoms with E-state index in [-0.39, 0.29) is 0 Å². The first-order valence-electron chi connectivity index (χ1n) is 9.51. The Bertz CT molecular complexity index is 685. The molecule has 2 heterocycles. The van der Waals surface area contributed by atoms with Gasteiger partial charge in [0.1, 0.15) is 11.9 Å². The lowest BCUT2D eigenvalue weighted by Gasteiger charge is -2.34. The van der Waals surface area contributed by atoms with Crippen molar-refractivity contribution in [3.8, 4) is 5.75 Å². The van der Waals surface area contributed by atoms with Gasteiger partial charge in [0.2, 0.25) is 0 Å². The van der Waals surface area contributed by atoms with Gasteiger partial charge in [0, 0.05) is 37.4 Å². The molecule has 3 heteroatoms. The molecule has 0 unspecified atom stereocenters. The molecule has 1 aromatic carbocycles. The second kappa shape index (κ2) is 7.10. The highest BCUT2D eigenvalue weighted by molar-refractivity contribution is 5.84. The van der Waals surface area contributed by atoms with E-state index in [2.05, 4.69) is 35.0 Å².